The monoisotopic (exact) mass is 337 g/mol. The molecule has 2 saturated heterocycles. The molecule has 8 heteroatoms. The van der Waals surface area contributed by atoms with Gasteiger partial charge in [-0.15, -0.1) is 0 Å². The zero-order valence-corrected chi connectivity index (χ0v) is 13.5. The van der Waals surface area contributed by atoms with E-state index in [0.717, 1.165) is 37.2 Å². The Bertz CT molecular complexity index is 619. The molecule has 2 aliphatic rings. The highest BCUT2D eigenvalue weighted by molar-refractivity contribution is 7.99. The minimum absolute atomic E-state index is 0.0478. The number of nitro groups is 1. The number of aliphatic carboxylic acids is 1. The highest BCUT2D eigenvalue weighted by Crippen LogP contribution is 2.37. The first-order valence-electron chi connectivity index (χ1n) is 7.77. The molecule has 1 aromatic rings. The number of nitro benzene ring substituents is 1. The maximum Gasteiger partial charge on any atom is 0.270 e. The molecular weight excluding hydrogens is 318 g/mol. The minimum atomic E-state index is -1.08. The van der Waals surface area contributed by atoms with Gasteiger partial charge in [-0.25, -0.2) is 0 Å². The van der Waals surface area contributed by atoms with Crippen LogP contribution >= 0.6 is 11.8 Å². The summed E-state index contributed by atoms with van der Waals surface area (Å²) in [6.07, 6.45) is 3.43. The molecule has 23 heavy (non-hydrogen) atoms. The molecule has 2 aliphatic heterocycles. The van der Waals surface area contributed by atoms with Crippen LogP contribution in [0.5, 0.6) is 0 Å². The van der Waals surface area contributed by atoms with Gasteiger partial charge in [0.1, 0.15) is 12.0 Å². The number of rotatable bonds is 4. The molecular formula is C15H19N3O4S. The van der Waals surface area contributed by atoms with E-state index < -0.39 is 16.9 Å². The summed E-state index contributed by atoms with van der Waals surface area (Å²) in [5, 5.41) is 23.8. The van der Waals surface area contributed by atoms with Gasteiger partial charge >= 0.3 is 0 Å². The van der Waals surface area contributed by atoms with Crippen molar-refractivity contribution in [1.29, 1.82) is 0 Å². The molecule has 0 aliphatic carbocycles. The maximum absolute atomic E-state index is 11.1. The molecule has 0 radical (unpaired) electrons. The van der Waals surface area contributed by atoms with Gasteiger partial charge in [0.25, 0.3) is 5.69 Å². The van der Waals surface area contributed by atoms with E-state index in [-0.39, 0.29) is 11.1 Å². The maximum atomic E-state index is 11.1. The van der Waals surface area contributed by atoms with Crippen molar-refractivity contribution in [2.24, 2.45) is 0 Å². The zero-order valence-electron chi connectivity index (χ0n) is 12.6. The Kier molecular flexibility index (Phi) is 4.72. The van der Waals surface area contributed by atoms with Gasteiger partial charge in [-0.05, 0) is 25.3 Å². The largest absolute Gasteiger partial charge is 0.544 e. The number of anilines is 1. The molecule has 2 atom stereocenters. The van der Waals surface area contributed by atoms with Crippen LogP contribution in [0.25, 0.3) is 0 Å². The SMILES string of the molecule is O=C([O-])[C@H]1CS[C@@H](c2cc([N+](=O)[O-])ccc2N2CCCCC2)[NH2+]1. The van der Waals surface area contributed by atoms with Crippen LogP contribution in [0.15, 0.2) is 18.2 Å². The summed E-state index contributed by atoms with van der Waals surface area (Å²) < 4.78 is 0. The van der Waals surface area contributed by atoms with Crippen molar-refractivity contribution >= 4 is 29.1 Å². The average molecular weight is 337 g/mol. The predicted molar refractivity (Wildman–Crippen MR) is 85.1 cm³/mol. The molecule has 2 N–H and O–H groups in total. The highest BCUT2D eigenvalue weighted by Gasteiger charge is 2.34. The normalized spacial score (nSPS) is 24.6. The van der Waals surface area contributed by atoms with Gasteiger partial charge in [-0.3, -0.25) is 10.1 Å². The number of carboxylic acids is 1. The molecule has 0 aromatic heterocycles. The second kappa shape index (κ2) is 6.76. The van der Waals surface area contributed by atoms with Crippen LogP contribution in [0, 0.1) is 10.1 Å². The number of carbonyl (C=O) groups excluding carboxylic acids is 1. The Morgan fingerprint density at radius 1 is 1.30 bits per heavy atom. The van der Waals surface area contributed by atoms with E-state index in [1.54, 1.807) is 17.4 Å². The first-order chi connectivity index (χ1) is 11.1. The number of piperidine rings is 1. The van der Waals surface area contributed by atoms with Crippen molar-refractivity contribution in [3.63, 3.8) is 0 Å². The van der Waals surface area contributed by atoms with Gasteiger partial charge < -0.3 is 20.1 Å². The molecule has 7 nitrogen and oxygen atoms in total. The van der Waals surface area contributed by atoms with E-state index in [1.165, 1.54) is 24.2 Å². The van der Waals surface area contributed by atoms with Crippen LogP contribution in [-0.2, 0) is 4.79 Å². The van der Waals surface area contributed by atoms with Crippen molar-refractivity contribution < 1.29 is 20.1 Å². The van der Waals surface area contributed by atoms with E-state index in [1.807, 2.05) is 0 Å². The fourth-order valence-corrected chi connectivity index (χ4v) is 4.51. The lowest BCUT2D eigenvalue weighted by molar-refractivity contribution is -0.690. The number of benzene rings is 1. The lowest BCUT2D eigenvalue weighted by Crippen LogP contribution is -2.90. The Balaban J connectivity index is 1.93. The summed E-state index contributed by atoms with van der Waals surface area (Å²) in [5.74, 6) is -0.625. The van der Waals surface area contributed by atoms with Crippen molar-refractivity contribution in [2.45, 2.75) is 30.7 Å². The Morgan fingerprint density at radius 2 is 2.04 bits per heavy atom. The minimum Gasteiger partial charge on any atom is -0.544 e. The van der Waals surface area contributed by atoms with Gasteiger partial charge in [-0.1, -0.05) is 11.8 Å². The lowest BCUT2D eigenvalue weighted by atomic mass is 10.1. The summed E-state index contributed by atoms with van der Waals surface area (Å²) in [5.41, 5.74) is 1.88. The van der Waals surface area contributed by atoms with Crippen LogP contribution in [-0.4, -0.2) is 35.8 Å². The molecule has 0 unspecified atom stereocenters. The number of quaternary nitrogens is 1. The fourth-order valence-electron chi connectivity index (χ4n) is 3.18. The van der Waals surface area contributed by atoms with Crippen molar-refractivity contribution in [3.05, 3.63) is 33.9 Å². The van der Waals surface area contributed by atoms with Crippen LogP contribution in [0.4, 0.5) is 11.4 Å². The summed E-state index contributed by atoms with van der Waals surface area (Å²) in [6, 6.07) is 4.33. The number of hydrogen-bond acceptors (Lipinski definition) is 6. The number of thioether (sulfide) groups is 1. The number of hydrogen-bond donors (Lipinski definition) is 1. The molecule has 2 fully saturated rings. The second-order valence-corrected chi connectivity index (χ2v) is 7.09. The molecule has 0 amide bonds. The van der Waals surface area contributed by atoms with Gasteiger partial charge in [-0.2, -0.15) is 0 Å². The van der Waals surface area contributed by atoms with Crippen molar-refractivity contribution in [3.8, 4) is 0 Å². The van der Waals surface area contributed by atoms with Crippen molar-refractivity contribution in [1.82, 2.24) is 0 Å². The first-order valence-corrected chi connectivity index (χ1v) is 8.82. The third-order valence-corrected chi connectivity index (χ3v) is 5.71. The summed E-state index contributed by atoms with van der Waals surface area (Å²) in [7, 11) is 0. The number of carboxylic acid groups (broad SMARTS) is 1. The first kappa shape index (κ1) is 16.1. The quantitative estimate of drug-likeness (QED) is 0.613. The van der Waals surface area contributed by atoms with E-state index in [4.69, 9.17) is 0 Å². The molecule has 2 heterocycles. The van der Waals surface area contributed by atoms with E-state index in [2.05, 4.69) is 4.90 Å². The third-order valence-electron chi connectivity index (χ3n) is 4.39. The lowest BCUT2D eigenvalue weighted by Gasteiger charge is -2.31. The average Bonchev–Trinajstić information content (AvgIpc) is 3.05. The van der Waals surface area contributed by atoms with Gasteiger partial charge in [0.15, 0.2) is 5.37 Å². The van der Waals surface area contributed by atoms with Crippen LogP contribution < -0.4 is 15.3 Å². The number of nitrogens with zero attached hydrogens (tertiary/aromatic N) is 2. The van der Waals surface area contributed by atoms with Gasteiger partial charge in [0.2, 0.25) is 0 Å². The third kappa shape index (κ3) is 3.42. The number of nitrogens with two attached hydrogens (primary N) is 1. The Labute approximate surface area is 138 Å². The van der Waals surface area contributed by atoms with Crippen LogP contribution in [0.1, 0.15) is 30.2 Å². The molecule has 124 valence electrons. The van der Waals surface area contributed by atoms with Gasteiger partial charge in [0, 0.05) is 30.9 Å². The molecule has 0 spiro atoms. The molecule has 0 bridgehead atoms. The Morgan fingerprint density at radius 3 is 2.65 bits per heavy atom. The fraction of sp³-hybridized carbons (Fsp3) is 0.533. The molecule has 0 saturated carbocycles. The summed E-state index contributed by atoms with van der Waals surface area (Å²) in [4.78, 5) is 24.0. The summed E-state index contributed by atoms with van der Waals surface area (Å²) in [6.45, 7) is 1.87. The number of non-ortho nitro benzene ring substituents is 1. The second-order valence-electron chi connectivity index (χ2n) is 5.92. The summed E-state index contributed by atoms with van der Waals surface area (Å²) >= 11 is 1.50. The molecule has 1 aromatic carbocycles. The topological polar surface area (TPSA) is 103 Å². The van der Waals surface area contributed by atoms with Crippen LogP contribution in [0.3, 0.4) is 0 Å². The van der Waals surface area contributed by atoms with E-state index in [0.29, 0.717) is 5.75 Å². The van der Waals surface area contributed by atoms with E-state index >= 15 is 0 Å². The van der Waals surface area contributed by atoms with Crippen LogP contribution in [0.2, 0.25) is 0 Å². The smallest absolute Gasteiger partial charge is 0.270 e. The Hall–Kier alpha value is -1.80. The number of carbonyl (C=O) groups is 1. The van der Waals surface area contributed by atoms with Gasteiger partial charge in [0.05, 0.1) is 16.2 Å². The highest BCUT2D eigenvalue weighted by atomic mass is 32.2. The zero-order chi connectivity index (χ0) is 16.4. The van der Waals surface area contributed by atoms with Crippen molar-refractivity contribution in [2.75, 3.05) is 23.7 Å². The predicted octanol–water partition coefficient (Wildman–Crippen LogP) is 0.0124. The molecule has 3 rings (SSSR count). The standard InChI is InChI=1S/C15H19N3O4S/c19-15(20)12-9-23-14(16-12)11-8-10(18(21)22)4-5-13(11)17-6-2-1-3-7-17/h4-5,8,12,14,16H,1-3,6-7,9H2,(H,19,20)/t12-,14+/m1/s1. The van der Waals surface area contributed by atoms with E-state index in [9.17, 15) is 20.0 Å².